The fraction of sp³-hybridized carbons (Fsp3) is 0.889. The van der Waals surface area contributed by atoms with Crippen LogP contribution in [0.4, 0.5) is 4.79 Å². The SMILES string of the molecule is CC(C)C(C)(O)CN1CCOC1=O. The summed E-state index contributed by atoms with van der Waals surface area (Å²) in [5, 5.41) is 9.92. The summed E-state index contributed by atoms with van der Waals surface area (Å²) in [4.78, 5) is 12.6. The van der Waals surface area contributed by atoms with Gasteiger partial charge in [-0.05, 0) is 12.8 Å². The molecule has 1 aliphatic rings. The molecule has 0 radical (unpaired) electrons. The minimum Gasteiger partial charge on any atom is -0.448 e. The summed E-state index contributed by atoms with van der Waals surface area (Å²) in [6, 6.07) is 0. The molecular weight excluding hydrogens is 170 g/mol. The minimum atomic E-state index is -0.830. The highest BCUT2D eigenvalue weighted by Crippen LogP contribution is 2.19. The van der Waals surface area contributed by atoms with Gasteiger partial charge in [0.15, 0.2) is 0 Å². The number of ether oxygens (including phenoxy) is 1. The number of amides is 1. The lowest BCUT2D eigenvalue weighted by Gasteiger charge is -2.30. The molecule has 0 saturated carbocycles. The molecule has 0 spiro atoms. The first-order valence-electron chi connectivity index (χ1n) is 4.57. The van der Waals surface area contributed by atoms with E-state index in [4.69, 9.17) is 4.74 Å². The summed E-state index contributed by atoms with van der Waals surface area (Å²) < 4.78 is 4.77. The van der Waals surface area contributed by atoms with E-state index >= 15 is 0 Å². The number of aliphatic hydroxyl groups is 1. The number of β-amino-alcohol motifs (C(OH)–C–C–N with tert-alkyl or cyclic N) is 1. The highest BCUT2D eigenvalue weighted by Gasteiger charge is 2.32. The molecule has 13 heavy (non-hydrogen) atoms. The second-order valence-corrected chi connectivity index (χ2v) is 4.05. The summed E-state index contributed by atoms with van der Waals surface area (Å²) in [7, 11) is 0. The fourth-order valence-electron chi connectivity index (χ4n) is 1.14. The zero-order valence-electron chi connectivity index (χ0n) is 8.41. The molecule has 1 saturated heterocycles. The van der Waals surface area contributed by atoms with Crippen LogP contribution >= 0.6 is 0 Å². The lowest BCUT2D eigenvalue weighted by atomic mass is 9.92. The van der Waals surface area contributed by atoms with Gasteiger partial charge in [-0.2, -0.15) is 0 Å². The van der Waals surface area contributed by atoms with Gasteiger partial charge in [0, 0.05) is 0 Å². The van der Waals surface area contributed by atoms with Gasteiger partial charge in [-0.3, -0.25) is 0 Å². The highest BCUT2D eigenvalue weighted by molar-refractivity contribution is 5.69. The third kappa shape index (κ3) is 2.34. The number of carbonyl (C=O) groups is 1. The Labute approximate surface area is 78.5 Å². The van der Waals surface area contributed by atoms with Crippen LogP contribution in [0.3, 0.4) is 0 Å². The van der Waals surface area contributed by atoms with Crippen molar-refractivity contribution >= 4 is 6.09 Å². The topological polar surface area (TPSA) is 49.8 Å². The van der Waals surface area contributed by atoms with Gasteiger partial charge in [-0.25, -0.2) is 4.79 Å². The first-order valence-corrected chi connectivity index (χ1v) is 4.57. The molecule has 76 valence electrons. The van der Waals surface area contributed by atoms with E-state index in [0.717, 1.165) is 0 Å². The van der Waals surface area contributed by atoms with Crippen molar-refractivity contribution in [3.63, 3.8) is 0 Å². The molecule has 1 N–H and O–H groups in total. The molecule has 1 aliphatic heterocycles. The third-order valence-corrected chi connectivity index (χ3v) is 2.60. The second-order valence-electron chi connectivity index (χ2n) is 4.05. The normalized spacial score (nSPS) is 21.9. The van der Waals surface area contributed by atoms with Gasteiger partial charge < -0.3 is 14.7 Å². The van der Waals surface area contributed by atoms with Crippen LogP contribution in [0, 0.1) is 5.92 Å². The van der Waals surface area contributed by atoms with Crippen molar-refractivity contribution in [2.75, 3.05) is 19.7 Å². The van der Waals surface area contributed by atoms with E-state index in [0.29, 0.717) is 19.7 Å². The lowest BCUT2D eigenvalue weighted by molar-refractivity contribution is -0.00761. The molecule has 0 bridgehead atoms. The number of hydrogen-bond acceptors (Lipinski definition) is 3. The molecule has 1 atom stereocenters. The number of hydrogen-bond donors (Lipinski definition) is 1. The molecular formula is C9H17NO3. The van der Waals surface area contributed by atoms with Crippen molar-refractivity contribution in [3.05, 3.63) is 0 Å². The average Bonchev–Trinajstić information content (AvgIpc) is 2.35. The number of nitrogens with zero attached hydrogens (tertiary/aromatic N) is 1. The van der Waals surface area contributed by atoms with E-state index in [-0.39, 0.29) is 12.0 Å². The van der Waals surface area contributed by atoms with Crippen molar-refractivity contribution in [2.24, 2.45) is 5.92 Å². The first kappa shape index (κ1) is 10.3. The molecule has 4 heteroatoms. The van der Waals surface area contributed by atoms with E-state index in [1.807, 2.05) is 13.8 Å². The maximum Gasteiger partial charge on any atom is 0.410 e. The summed E-state index contributed by atoms with van der Waals surface area (Å²) in [6.45, 7) is 6.98. The zero-order chi connectivity index (χ0) is 10.1. The van der Waals surface area contributed by atoms with E-state index in [2.05, 4.69) is 0 Å². The van der Waals surface area contributed by atoms with Crippen LogP contribution in [-0.2, 0) is 4.74 Å². The van der Waals surface area contributed by atoms with Gasteiger partial charge in [0.05, 0.1) is 18.7 Å². The molecule has 0 aliphatic carbocycles. The van der Waals surface area contributed by atoms with Crippen molar-refractivity contribution < 1.29 is 14.6 Å². The van der Waals surface area contributed by atoms with Gasteiger partial charge in [0.2, 0.25) is 0 Å². The standard InChI is InChI=1S/C9H17NO3/c1-7(2)9(3,12)6-10-4-5-13-8(10)11/h7,12H,4-6H2,1-3H3. The van der Waals surface area contributed by atoms with Crippen molar-refractivity contribution in [2.45, 2.75) is 26.4 Å². The van der Waals surface area contributed by atoms with E-state index in [9.17, 15) is 9.90 Å². The van der Waals surface area contributed by atoms with E-state index < -0.39 is 5.60 Å². The fourth-order valence-corrected chi connectivity index (χ4v) is 1.14. The number of carbonyl (C=O) groups excluding carboxylic acids is 1. The summed E-state index contributed by atoms with van der Waals surface area (Å²) in [6.07, 6.45) is -0.319. The predicted molar refractivity (Wildman–Crippen MR) is 48.4 cm³/mol. The van der Waals surface area contributed by atoms with Crippen molar-refractivity contribution in [1.82, 2.24) is 4.90 Å². The van der Waals surface area contributed by atoms with Gasteiger partial charge in [-0.15, -0.1) is 0 Å². The Balaban J connectivity index is 2.52. The summed E-state index contributed by atoms with van der Waals surface area (Å²) >= 11 is 0. The molecule has 0 aromatic heterocycles. The molecule has 1 unspecified atom stereocenters. The Hall–Kier alpha value is -0.770. The van der Waals surface area contributed by atoms with Crippen LogP contribution in [0.15, 0.2) is 0 Å². The third-order valence-electron chi connectivity index (χ3n) is 2.60. The van der Waals surface area contributed by atoms with E-state index in [1.165, 1.54) is 0 Å². The molecule has 0 aromatic carbocycles. The maximum atomic E-state index is 11.1. The van der Waals surface area contributed by atoms with Gasteiger partial charge in [0.25, 0.3) is 0 Å². The van der Waals surface area contributed by atoms with E-state index in [1.54, 1.807) is 11.8 Å². The van der Waals surface area contributed by atoms with Crippen LogP contribution in [0.1, 0.15) is 20.8 Å². The quantitative estimate of drug-likeness (QED) is 0.712. The van der Waals surface area contributed by atoms with Crippen LogP contribution in [0.25, 0.3) is 0 Å². The Morgan fingerprint density at radius 2 is 2.31 bits per heavy atom. The molecule has 1 rings (SSSR count). The average molecular weight is 187 g/mol. The molecule has 1 fully saturated rings. The van der Waals surface area contributed by atoms with Crippen molar-refractivity contribution in [1.29, 1.82) is 0 Å². The lowest BCUT2D eigenvalue weighted by Crippen LogP contribution is -2.44. The predicted octanol–water partition coefficient (Wildman–Crippen LogP) is 0.846. The first-order chi connectivity index (χ1) is 5.93. The Morgan fingerprint density at radius 3 is 2.69 bits per heavy atom. The molecule has 1 heterocycles. The van der Waals surface area contributed by atoms with Crippen LogP contribution in [-0.4, -0.2) is 41.4 Å². The number of rotatable bonds is 3. The summed E-state index contributed by atoms with van der Waals surface area (Å²) in [5.41, 5.74) is -0.830. The van der Waals surface area contributed by atoms with Gasteiger partial charge in [-0.1, -0.05) is 13.8 Å². The smallest absolute Gasteiger partial charge is 0.410 e. The van der Waals surface area contributed by atoms with Gasteiger partial charge >= 0.3 is 6.09 Å². The van der Waals surface area contributed by atoms with Gasteiger partial charge in [0.1, 0.15) is 6.61 Å². The molecule has 1 amide bonds. The molecule has 0 aromatic rings. The largest absolute Gasteiger partial charge is 0.448 e. The Morgan fingerprint density at radius 1 is 1.69 bits per heavy atom. The summed E-state index contributed by atoms with van der Waals surface area (Å²) in [5.74, 6) is 0.126. The zero-order valence-corrected chi connectivity index (χ0v) is 8.41. The minimum absolute atomic E-state index is 0.126. The Bertz CT molecular complexity index is 201. The number of cyclic esters (lactones) is 1. The van der Waals surface area contributed by atoms with Crippen molar-refractivity contribution in [3.8, 4) is 0 Å². The van der Waals surface area contributed by atoms with Crippen LogP contribution in [0.2, 0.25) is 0 Å². The monoisotopic (exact) mass is 187 g/mol. The van der Waals surface area contributed by atoms with Crippen LogP contribution in [0.5, 0.6) is 0 Å². The van der Waals surface area contributed by atoms with Crippen LogP contribution < -0.4 is 0 Å². The highest BCUT2D eigenvalue weighted by atomic mass is 16.6. The Kier molecular flexibility index (Phi) is 2.81. The maximum absolute atomic E-state index is 11.1. The second kappa shape index (κ2) is 3.54. The molecule has 4 nitrogen and oxygen atoms in total.